The van der Waals surface area contributed by atoms with Crippen molar-refractivity contribution < 1.29 is 4.79 Å². The molecule has 0 aromatic heterocycles. The molecule has 2 N–H and O–H groups in total. The average molecular weight is 180 g/mol. The molecular formula is C10H16N2O. The summed E-state index contributed by atoms with van der Waals surface area (Å²) in [5.74, 6) is 2.45. The molecule has 1 fully saturated rings. The summed E-state index contributed by atoms with van der Waals surface area (Å²) in [6.45, 7) is 5.05. The van der Waals surface area contributed by atoms with Crippen LogP contribution in [0.25, 0.3) is 0 Å². The van der Waals surface area contributed by atoms with Gasteiger partial charge in [-0.25, -0.2) is 0 Å². The fourth-order valence-corrected chi connectivity index (χ4v) is 1.21. The van der Waals surface area contributed by atoms with Crippen molar-refractivity contribution in [1.82, 2.24) is 10.6 Å². The molecule has 0 bridgehead atoms. The second-order valence-electron chi connectivity index (χ2n) is 4.12. The number of nitrogens with one attached hydrogen (secondary N) is 2. The molecule has 0 heterocycles. The summed E-state index contributed by atoms with van der Waals surface area (Å²) in [5.41, 5.74) is 0.293. The van der Waals surface area contributed by atoms with Gasteiger partial charge in [0.25, 0.3) is 0 Å². The molecule has 1 aliphatic carbocycles. The number of amides is 1. The molecule has 0 aromatic rings. The molecule has 1 aliphatic rings. The molecule has 1 amide bonds. The normalized spacial score (nSPS) is 23.3. The molecular weight excluding hydrogens is 164 g/mol. The van der Waals surface area contributed by atoms with E-state index in [0.717, 1.165) is 6.42 Å². The highest BCUT2D eigenvalue weighted by molar-refractivity contribution is 5.78. The highest BCUT2D eigenvalue weighted by atomic mass is 16.2. The van der Waals surface area contributed by atoms with Gasteiger partial charge in [-0.05, 0) is 11.8 Å². The number of rotatable bonds is 4. The van der Waals surface area contributed by atoms with E-state index in [2.05, 4.69) is 30.4 Å². The summed E-state index contributed by atoms with van der Waals surface area (Å²) in [5, 5.41) is 5.78. The van der Waals surface area contributed by atoms with Crippen LogP contribution in [0.3, 0.4) is 0 Å². The van der Waals surface area contributed by atoms with Crippen molar-refractivity contribution in [2.75, 3.05) is 13.1 Å². The van der Waals surface area contributed by atoms with Crippen LogP contribution in [-0.4, -0.2) is 25.0 Å². The SMILES string of the molecule is C#CCNCC(=O)NC1CC1(C)C. The summed E-state index contributed by atoms with van der Waals surface area (Å²) in [6, 6.07) is 0.354. The van der Waals surface area contributed by atoms with Crippen LogP contribution in [0.5, 0.6) is 0 Å². The predicted octanol–water partition coefficient (Wildman–Crippen LogP) is 0.124. The molecule has 0 aromatic carbocycles. The first-order valence-electron chi connectivity index (χ1n) is 4.50. The lowest BCUT2D eigenvalue weighted by Crippen LogP contribution is -2.36. The molecule has 3 nitrogen and oxygen atoms in total. The Bertz CT molecular complexity index is 240. The topological polar surface area (TPSA) is 41.1 Å². The lowest BCUT2D eigenvalue weighted by Gasteiger charge is -2.06. The van der Waals surface area contributed by atoms with Crippen LogP contribution in [0.1, 0.15) is 20.3 Å². The zero-order valence-corrected chi connectivity index (χ0v) is 8.18. The van der Waals surface area contributed by atoms with Crippen molar-refractivity contribution in [3.63, 3.8) is 0 Å². The van der Waals surface area contributed by atoms with E-state index in [0.29, 0.717) is 24.5 Å². The van der Waals surface area contributed by atoms with Crippen LogP contribution >= 0.6 is 0 Å². The highest BCUT2D eigenvalue weighted by Crippen LogP contribution is 2.44. The minimum atomic E-state index is 0.0332. The highest BCUT2D eigenvalue weighted by Gasteiger charge is 2.46. The molecule has 1 saturated carbocycles. The summed E-state index contributed by atoms with van der Waals surface area (Å²) in [4.78, 5) is 11.2. The van der Waals surface area contributed by atoms with Gasteiger partial charge in [-0.3, -0.25) is 10.1 Å². The first-order chi connectivity index (χ1) is 6.06. The number of terminal acetylenes is 1. The van der Waals surface area contributed by atoms with Crippen molar-refractivity contribution >= 4 is 5.91 Å². The van der Waals surface area contributed by atoms with Gasteiger partial charge in [-0.1, -0.05) is 19.8 Å². The van der Waals surface area contributed by atoms with Crippen LogP contribution in [0, 0.1) is 17.8 Å². The Morgan fingerprint density at radius 2 is 2.31 bits per heavy atom. The van der Waals surface area contributed by atoms with E-state index in [9.17, 15) is 4.79 Å². The molecule has 13 heavy (non-hydrogen) atoms. The Balaban J connectivity index is 2.10. The third-order valence-corrected chi connectivity index (χ3v) is 2.36. The molecule has 72 valence electrons. The molecule has 0 radical (unpaired) electrons. The van der Waals surface area contributed by atoms with Crippen molar-refractivity contribution in [1.29, 1.82) is 0 Å². The standard InChI is InChI=1S/C10H16N2O/c1-4-5-11-7-9(13)12-8-6-10(8,2)3/h1,8,11H,5-7H2,2-3H3,(H,12,13). The van der Waals surface area contributed by atoms with E-state index in [4.69, 9.17) is 6.42 Å². The Morgan fingerprint density at radius 1 is 1.69 bits per heavy atom. The molecule has 3 heteroatoms. The van der Waals surface area contributed by atoms with E-state index in [-0.39, 0.29) is 5.91 Å². The van der Waals surface area contributed by atoms with Gasteiger partial charge < -0.3 is 5.32 Å². The average Bonchev–Trinajstić information content (AvgIpc) is 2.59. The lowest BCUT2D eigenvalue weighted by atomic mass is 10.2. The summed E-state index contributed by atoms with van der Waals surface area (Å²) >= 11 is 0. The zero-order chi connectivity index (χ0) is 9.90. The van der Waals surface area contributed by atoms with Crippen molar-refractivity contribution in [2.45, 2.75) is 26.3 Å². The van der Waals surface area contributed by atoms with Gasteiger partial charge >= 0.3 is 0 Å². The van der Waals surface area contributed by atoms with Crippen molar-refractivity contribution in [3.8, 4) is 12.3 Å². The maximum absolute atomic E-state index is 11.2. The van der Waals surface area contributed by atoms with Gasteiger partial charge in [0.1, 0.15) is 0 Å². The Labute approximate surface area is 79.3 Å². The summed E-state index contributed by atoms with van der Waals surface area (Å²) < 4.78 is 0. The minimum absolute atomic E-state index is 0.0332. The number of carbonyl (C=O) groups is 1. The smallest absolute Gasteiger partial charge is 0.234 e. The first-order valence-corrected chi connectivity index (χ1v) is 4.50. The molecule has 1 atom stereocenters. The Hall–Kier alpha value is -1.01. The Morgan fingerprint density at radius 3 is 2.77 bits per heavy atom. The fourth-order valence-electron chi connectivity index (χ4n) is 1.21. The molecule has 0 aliphatic heterocycles. The molecule has 1 rings (SSSR count). The van der Waals surface area contributed by atoms with Gasteiger partial charge in [0.15, 0.2) is 0 Å². The number of hydrogen-bond acceptors (Lipinski definition) is 2. The maximum atomic E-state index is 11.2. The van der Waals surface area contributed by atoms with Crippen molar-refractivity contribution in [2.24, 2.45) is 5.41 Å². The largest absolute Gasteiger partial charge is 0.352 e. The van der Waals surface area contributed by atoms with Crippen LogP contribution in [0.15, 0.2) is 0 Å². The molecule has 0 saturated heterocycles. The van der Waals surface area contributed by atoms with Crippen LogP contribution < -0.4 is 10.6 Å². The van der Waals surface area contributed by atoms with Gasteiger partial charge in [0, 0.05) is 6.04 Å². The summed E-state index contributed by atoms with van der Waals surface area (Å²) in [7, 11) is 0. The third-order valence-electron chi connectivity index (χ3n) is 2.36. The second kappa shape index (κ2) is 3.80. The fraction of sp³-hybridized carbons (Fsp3) is 0.700. The number of hydrogen-bond donors (Lipinski definition) is 2. The van der Waals surface area contributed by atoms with Gasteiger partial charge in [-0.15, -0.1) is 6.42 Å². The van der Waals surface area contributed by atoms with E-state index in [1.54, 1.807) is 0 Å². The monoisotopic (exact) mass is 180 g/mol. The summed E-state index contributed by atoms with van der Waals surface area (Å²) in [6.07, 6.45) is 6.10. The van der Waals surface area contributed by atoms with Crippen LogP contribution in [0.4, 0.5) is 0 Å². The van der Waals surface area contributed by atoms with E-state index < -0.39 is 0 Å². The number of carbonyl (C=O) groups excluding carboxylic acids is 1. The maximum Gasteiger partial charge on any atom is 0.234 e. The Kier molecular flexibility index (Phi) is 2.94. The zero-order valence-electron chi connectivity index (χ0n) is 8.18. The van der Waals surface area contributed by atoms with Crippen LogP contribution in [0.2, 0.25) is 0 Å². The molecule has 0 spiro atoms. The quantitative estimate of drug-likeness (QED) is 0.477. The third kappa shape index (κ3) is 3.08. The van der Waals surface area contributed by atoms with E-state index >= 15 is 0 Å². The minimum Gasteiger partial charge on any atom is -0.352 e. The van der Waals surface area contributed by atoms with E-state index in [1.807, 2.05) is 0 Å². The first kappa shape index (κ1) is 10.1. The molecule has 1 unspecified atom stereocenters. The van der Waals surface area contributed by atoms with E-state index in [1.165, 1.54) is 0 Å². The predicted molar refractivity (Wildman–Crippen MR) is 52.0 cm³/mol. The van der Waals surface area contributed by atoms with Crippen molar-refractivity contribution in [3.05, 3.63) is 0 Å². The van der Waals surface area contributed by atoms with Crippen LogP contribution in [-0.2, 0) is 4.79 Å². The van der Waals surface area contributed by atoms with Gasteiger partial charge in [-0.2, -0.15) is 0 Å². The second-order valence-corrected chi connectivity index (χ2v) is 4.12. The van der Waals surface area contributed by atoms with Gasteiger partial charge in [0.05, 0.1) is 13.1 Å². The lowest BCUT2D eigenvalue weighted by molar-refractivity contribution is -0.120. The van der Waals surface area contributed by atoms with Gasteiger partial charge in [0.2, 0.25) is 5.91 Å².